The van der Waals surface area contributed by atoms with Crippen LogP contribution in [0.4, 0.5) is 0 Å². The first-order chi connectivity index (χ1) is 12.0. The molecule has 0 aliphatic heterocycles. The van der Waals surface area contributed by atoms with Gasteiger partial charge in [-0.3, -0.25) is 14.4 Å². The van der Waals surface area contributed by atoms with Crippen LogP contribution in [-0.4, -0.2) is 29.3 Å². The zero-order chi connectivity index (χ0) is 18.2. The lowest BCUT2D eigenvalue weighted by Crippen LogP contribution is -2.34. The molecule has 2 N–H and O–H groups in total. The van der Waals surface area contributed by atoms with Gasteiger partial charge in [0.15, 0.2) is 5.78 Å². The topological polar surface area (TPSA) is 83.5 Å². The third-order valence-corrected chi connectivity index (χ3v) is 4.75. The normalized spacial score (nSPS) is 11.7. The second-order valence-electron chi connectivity index (χ2n) is 5.93. The number of hydrogen-bond acceptors (Lipinski definition) is 4. The number of hydrogen-bond donors (Lipinski definition) is 2. The number of amides is 1. The highest BCUT2D eigenvalue weighted by Gasteiger charge is 2.19. The zero-order valence-corrected chi connectivity index (χ0v) is 14.8. The molecule has 0 spiro atoms. The summed E-state index contributed by atoms with van der Waals surface area (Å²) in [7, 11) is 0. The van der Waals surface area contributed by atoms with Gasteiger partial charge in [0, 0.05) is 19.4 Å². The fourth-order valence-electron chi connectivity index (χ4n) is 2.48. The Kier molecular flexibility index (Phi) is 6.89. The first kappa shape index (κ1) is 18.9. The molecule has 0 saturated heterocycles. The molecule has 1 amide bonds. The van der Waals surface area contributed by atoms with Crippen molar-refractivity contribution in [3.05, 3.63) is 57.8 Å². The Labute approximate surface area is 150 Å². The molecule has 5 nitrogen and oxygen atoms in total. The molecule has 0 saturated carbocycles. The van der Waals surface area contributed by atoms with Crippen LogP contribution >= 0.6 is 11.3 Å². The standard InChI is InChI=1S/C19H21NO4S/c1-13-4-2-5-14(10-13)11-15(19(23)24)12-20-18(22)8-7-16(21)17-6-3-9-25-17/h2-6,9-10,15H,7-8,11-12H2,1H3,(H,20,22)(H,23,24). The van der Waals surface area contributed by atoms with E-state index in [2.05, 4.69) is 5.32 Å². The number of rotatable bonds is 9. The lowest BCUT2D eigenvalue weighted by atomic mass is 9.98. The molecule has 1 aromatic heterocycles. The van der Waals surface area contributed by atoms with Crippen molar-refractivity contribution >= 4 is 29.0 Å². The second kappa shape index (κ2) is 9.13. The van der Waals surface area contributed by atoms with Crippen molar-refractivity contribution < 1.29 is 19.5 Å². The van der Waals surface area contributed by atoms with Crippen LogP contribution in [0.3, 0.4) is 0 Å². The molecule has 25 heavy (non-hydrogen) atoms. The van der Waals surface area contributed by atoms with Gasteiger partial charge in [-0.05, 0) is 30.4 Å². The molecule has 0 bridgehead atoms. The Morgan fingerprint density at radius 2 is 1.96 bits per heavy atom. The van der Waals surface area contributed by atoms with Gasteiger partial charge >= 0.3 is 5.97 Å². The first-order valence-corrected chi connectivity index (χ1v) is 8.95. The zero-order valence-electron chi connectivity index (χ0n) is 14.0. The van der Waals surface area contributed by atoms with E-state index in [-0.39, 0.29) is 31.1 Å². The highest BCUT2D eigenvalue weighted by atomic mass is 32.1. The minimum Gasteiger partial charge on any atom is -0.481 e. The van der Waals surface area contributed by atoms with Gasteiger partial charge in [0.25, 0.3) is 0 Å². The van der Waals surface area contributed by atoms with Gasteiger partial charge in [-0.15, -0.1) is 11.3 Å². The van der Waals surface area contributed by atoms with E-state index in [4.69, 9.17) is 0 Å². The van der Waals surface area contributed by atoms with E-state index in [1.165, 1.54) is 11.3 Å². The third kappa shape index (κ3) is 6.15. The monoisotopic (exact) mass is 359 g/mol. The van der Waals surface area contributed by atoms with Gasteiger partial charge in [0.1, 0.15) is 0 Å². The summed E-state index contributed by atoms with van der Waals surface area (Å²) >= 11 is 1.35. The van der Waals surface area contributed by atoms with E-state index in [1.807, 2.05) is 36.6 Å². The van der Waals surface area contributed by atoms with Crippen LogP contribution in [0, 0.1) is 12.8 Å². The Bertz CT molecular complexity index is 740. The maximum atomic E-state index is 11.9. The molecule has 2 aromatic rings. The summed E-state index contributed by atoms with van der Waals surface area (Å²) < 4.78 is 0. The van der Waals surface area contributed by atoms with Crippen molar-refractivity contribution in [1.82, 2.24) is 5.32 Å². The van der Waals surface area contributed by atoms with Crippen molar-refractivity contribution in [3.63, 3.8) is 0 Å². The van der Waals surface area contributed by atoms with Crippen molar-refractivity contribution in [1.29, 1.82) is 0 Å². The van der Waals surface area contributed by atoms with Crippen molar-refractivity contribution in [3.8, 4) is 0 Å². The smallest absolute Gasteiger partial charge is 0.308 e. The molecular formula is C19H21NO4S. The van der Waals surface area contributed by atoms with Gasteiger partial charge in [0.05, 0.1) is 10.8 Å². The average Bonchev–Trinajstić information content (AvgIpc) is 3.10. The predicted molar refractivity (Wildman–Crippen MR) is 96.9 cm³/mol. The van der Waals surface area contributed by atoms with E-state index in [9.17, 15) is 19.5 Å². The SMILES string of the molecule is Cc1cccc(CC(CNC(=O)CCC(=O)c2cccs2)C(=O)O)c1. The van der Waals surface area contributed by atoms with E-state index < -0.39 is 11.9 Å². The van der Waals surface area contributed by atoms with E-state index in [0.29, 0.717) is 11.3 Å². The molecular weight excluding hydrogens is 338 g/mol. The molecule has 1 heterocycles. The number of aryl methyl sites for hydroxylation is 1. The number of nitrogens with one attached hydrogen (secondary N) is 1. The Hall–Kier alpha value is -2.47. The number of ketones is 1. The number of benzene rings is 1. The Balaban J connectivity index is 1.81. The van der Waals surface area contributed by atoms with Crippen molar-refractivity contribution in [2.24, 2.45) is 5.92 Å². The van der Waals surface area contributed by atoms with Gasteiger partial charge in [-0.1, -0.05) is 35.9 Å². The minimum absolute atomic E-state index is 0.0509. The average molecular weight is 359 g/mol. The molecule has 0 aliphatic rings. The van der Waals surface area contributed by atoms with E-state index in [0.717, 1.165) is 11.1 Å². The lowest BCUT2D eigenvalue weighted by molar-refractivity contribution is -0.141. The van der Waals surface area contributed by atoms with Crippen molar-refractivity contribution in [2.75, 3.05) is 6.54 Å². The number of carbonyl (C=O) groups is 3. The van der Waals surface area contributed by atoms with Gasteiger partial charge in [-0.2, -0.15) is 0 Å². The van der Waals surface area contributed by atoms with E-state index >= 15 is 0 Å². The van der Waals surface area contributed by atoms with Crippen LogP contribution in [-0.2, 0) is 16.0 Å². The van der Waals surface area contributed by atoms with Gasteiger partial charge in [0.2, 0.25) is 5.91 Å². The van der Waals surface area contributed by atoms with E-state index in [1.54, 1.807) is 12.1 Å². The Morgan fingerprint density at radius 1 is 1.16 bits per heavy atom. The van der Waals surface area contributed by atoms with Crippen molar-refractivity contribution in [2.45, 2.75) is 26.2 Å². The number of thiophene rings is 1. The molecule has 1 unspecified atom stereocenters. The number of carboxylic acid groups (broad SMARTS) is 1. The number of carbonyl (C=O) groups excluding carboxylic acids is 2. The molecule has 0 aliphatic carbocycles. The summed E-state index contributed by atoms with van der Waals surface area (Å²) in [4.78, 5) is 35.8. The van der Waals surface area contributed by atoms with Gasteiger partial charge < -0.3 is 10.4 Å². The first-order valence-electron chi connectivity index (χ1n) is 8.07. The number of carboxylic acids is 1. The summed E-state index contributed by atoms with van der Waals surface area (Å²) in [5.41, 5.74) is 1.99. The summed E-state index contributed by atoms with van der Waals surface area (Å²) in [6, 6.07) is 11.2. The van der Waals surface area contributed by atoms with Crippen LogP contribution in [0.1, 0.15) is 33.6 Å². The molecule has 0 radical (unpaired) electrons. The quantitative estimate of drug-likeness (QED) is 0.674. The minimum atomic E-state index is -0.948. The maximum absolute atomic E-state index is 11.9. The van der Waals surface area contributed by atoms with Crippen LogP contribution in [0.15, 0.2) is 41.8 Å². The molecule has 1 aromatic carbocycles. The van der Waals surface area contributed by atoms with Crippen LogP contribution in [0.2, 0.25) is 0 Å². The highest BCUT2D eigenvalue weighted by molar-refractivity contribution is 7.12. The highest BCUT2D eigenvalue weighted by Crippen LogP contribution is 2.13. The molecule has 1 atom stereocenters. The second-order valence-corrected chi connectivity index (χ2v) is 6.88. The molecule has 2 rings (SSSR count). The maximum Gasteiger partial charge on any atom is 0.308 e. The number of aliphatic carboxylic acids is 1. The van der Waals surface area contributed by atoms with Crippen LogP contribution < -0.4 is 5.32 Å². The lowest BCUT2D eigenvalue weighted by Gasteiger charge is -2.14. The Morgan fingerprint density at radius 3 is 2.60 bits per heavy atom. The fraction of sp³-hybridized carbons (Fsp3) is 0.316. The summed E-state index contributed by atoms with van der Waals surface area (Å²) in [6.45, 7) is 2.00. The fourth-order valence-corrected chi connectivity index (χ4v) is 3.18. The third-order valence-electron chi connectivity index (χ3n) is 3.83. The van der Waals surface area contributed by atoms with Crippen LogP contribution in [0.25, 0.3) is 0 Å². The predicted octanol–water partition coefficient (Wildman–Crippen LogP) is 3.08. The largest absolute Gasteiger partial charge is 0.481 e. The summed E-state index contributed by atoms with van der Waals surface area (Å²) in [6.07, 6.45) is 0.543. The summed E-state index contributed by atoms with van der Waals surface area (Å²) in [5.74, 6) is -2.02. The van der Waals surface area contributed by atoms with Gasteiger partial charge in [-0.25, -0.2) is 0 Å². The molecule has 6 heteroatoms. The molecule has 0 fully saturated rings. The summed E-state index contributed by atoms with van der Waals surface area (Å²) in [5, 5.41) is 13.8. The molecule has 132 valence electrons. The van der Waals surface area contributed by atoms with Crippen LogP contribution in [0.5, 0.6) is 0 Å². The number of Topliss-reactive ketones (excluding diaryl/α,β-unsaturated/α-hetero) is 1.